The van der Waals surface area contributed by atoms with Gasteiger partial charge in [-0.2, -0.15) is 4.80 Å². The van der Waals surface area contributed by atoms with E-state index >= 15 is 0 Å². The Hall–Kier alpha value is -3.04. The van der Waals surface area contributed by atoms with Gasteiger partial charge in [0.05, 0.1) is 10.0 Å². The van der Waals surface area contributed by atoms with Crippen LogP contribution in [0.3, 0.4) is 0 Å². The number of aromatic nitrogens is 5. The third-order valence-electron chi connectivity index (χ3n) is 3.19. The maximum Gasteiger partial charge on any atom is 0.330 e. The number of rotatable bonds is 6. The number of nitrogens with one attached hydrogen (secondary N) is 1. The highest BCUT2D eigenvalue weighted by molar-refractivity contribution is 6.36. The summed E-state index contributed by atoms with van der Waals surface area (Å²) in [6, 6.07) is 10.6. The predicted molar refractivity (Wildman–Crippen MR) is 97.1 cm³/mol. The van der Waals surface area contributed by atoms with Crippen molar-refractivity contribution in [3.8, 4) is 11.4 Å². The van der Waals surface area contributed by atoms with Crippen molar-refractivity contribution in [2.45, 2.75) is 6.54 Å². The number of benzene rings is 1. The van der Waals surface area contributed by atoms with Crippen LogP contribution in [0.25, 0.3) is 11.4 Å². The van der Waals surface area contributed by atoms with Gasteiger partial charge in [-0.15, -0.1) is 10.2 Å². The molecule has 27 heavy (non-hydrogen) atoms. The van der Waals surface area contributed by atoms with Gasteiger partial charge in [-0.3, -0.25) is 4.79 Å². The third kappa shape index (κ3) is 5.22. The van der Waals surface area contributed by atoms with Gasteiger partial charge >= 0.3 is 5.97 Å². The molecular weight excluding hydrogens is 395 g/mol. The molecule has 0 bridgehead atoms. The van der Waals surface area contributed by atoms with Crippen molar-refractivity contribution < 1.29 is 14.3 Å². The van der Waals surface area contributed by atoms with Gasteiger partial charge in [0.15, 0.2) is 19.0 Å². The average molecular weight is 407 g/mol. The minimum absolute atomic E-state index is 0.118. The molecule has 3 rings (SSSR count). The number of carbonyl (C=O) groups excluding carboxylic acids is 2. The third-order valence-corrected chi connectivity index (χ3v) is 3.68. The van der Waals surface area contributed by atoms with E-state index in [0.717, 1.165) is 10.4 Å². The number of esters is 1. The molecule has 2 heterocycles. The zero-order valence-corrected chi connectivity index (χ0v) is 15.2. The van der Waals surface area contributed by atoms with Gasteiger partial charge in [0, 0.05) is 11.8 Å². The first-order valence-electron chi connectivity index (χ1n) is 7.61. The first kappa shape index (κ1) is 18.7. The van der Waals surface area contributed by atoms with Crippen molar-refractivity contribution in [3.63, 3.8) is 0 Å². The van der Waals surface area contributed by atoms with E-state index < -0.39 is 18.5 Å². The van der Waals surface area contributed by atoms with Crippen molar-refractivity contribution >= 4 is 40.9 Å². The lowest BCUT2D eigenvalue weighted by Gasteiger charge is -2.07. The molecule has 9 nitrogen and oxygen atoms in total. The second-order valence-electron chi connectivity index (χ2n) is 5.20. The quantitative estimate of drug-likeness (QED) is 0.624. The number of carbonyl (C=O) groups is 2. The van der Waals surface area contributed by atoms with Crippen LogP contribution in [-0.4, -0.2) is 43.7 Å². The molecule has 0 aliphatic rings. The zero-order valence-electron chi connectivity index (χ0n) is 13.7. The minimum atomic E-state index is -0.697. The first-order valence-corrected chi connectivity index (χ1v) is 8.36. The maximum absolute atomic E-state index is 11.8. The summed E-state index contributed by atoms with van der Waals surface area (Å²) < 4.78 is 4.88. The van der Waals surface area contributed by atoms with Crippen LogP contribution in [0.5, 0.6) is 0 Å². The van der Waals surface area contributed by atoms with E-state index in [1.807, 2.05) is 30.3 Å². The molecule has 0 atom stereocenters. The summed E-state index contributed by atoms with van der Waals surface area (Å²) >= 11 is 11.6. The molecule has 0 saturated carbocycles. The van der Waals surface area contributed by atoms with Crippen molar-refractivity contribution in [1.29, 1.82) is 0 Å². The summed E-state index contributed by atoms with van der Waals surface area (Å²) in [5, 5.41) is 14.7. The smallest absolute Gasteiger partial charge is 0.330 e. The number of tetrazole rings is 1. The molecular formula is C16H12Cl2N6O3. The van der Waals surface area contributed by atoms with E-state index in [1.54, 1.807) is 0 Å². The molecule has 0 aliphatic heterocycles. The Labute approximate surface area is 163 Å². The topological polar surface area (TPSA) is 112 Å². The van der Waals surface area contributed by atoms with Crippen LogP contribution < -0.4 is 5.32 Å². The second-order valence-corrected chi connectivity index (χ2v) is 6.05. The van der Waals surface area contributed by atoms with Gasteiger partial charge in [-0.1, -0.05) is 53.5 Å². The highest BCUT2D eigenvalue weighted by Crippen LogP contribution is 2.22. The summed E-state index contributed by atoms with van der Waals surface area (Å²) in [6.45, 7) is -0.799. The van der Waals surface area contributed by atoms with Crippen molar-refractivity contribution in [1.82, 2.24) is 25.2 Å². The lowest BCUT2D eigenvalue weighted by molar-refractivity contribution is -0.148. The molecule has 0 radical (unpaired) electrons. The van der Waals surface area contributed by atoms with Crippen molar-refractivity contribution in [2.24, 2.45) is 0 Å². The van der Waals surface area contributed by atoms with E-state index in [1.165, 1.54) is 12.3 Å². The molecule has 1 amide bonds. The number of nitrogens with zero attached hydrogens (tertiary/aromatic N) is 5. The van der Waals surface area contributed by atoms with E-state index in [9.17, 15) is 9.59 Å². The van der Waals surface area contributed by atoms with Gasteiger partial charge in [0.1, 0.15) is 0 Å². The van der Waals surface area contributed by atoms with Crippen LogP contribution in [-0.2, 0) is 20.9 Å². The Balaban J connectivity index is 1.49. The number of anilines is 1. The number of ether oxygens (including phenoxy) is 1. The normalized spacial score (nSPS) is 10.4. The van der Waals surface area contributed by atoms with E-state index in [2.05, 4.69) is 25.7 Å². The molecule has 0 saturated heterocycles. The fourth-order valence-corrected chi connectivity index (χ4v) is 2.42. The Bertz CT molecular complexity index is 964. The van der Waals surface area contributed by atoms with Gasteiger partial charge in [-0.25, -0.2) is 9.78 Å². The highest BCUT2D eigenvalue weighted by atomic mass is 35.5. The molecule has 0 unspecified atom stereocenters. The summed E-state index contributed by atoms with van der Waals surface area (Å²) in [4.78, 5) is 28.6. The SMILES string of the molecule is O=C(COC(=O)Cn1nnc(-c2ccccc2)n1)Nc1ncc(Cl)cc1Cl. The van der Waals surface area contributed by atoms with Gasteiger partial charge in [0.2, 0.25) is 5.82 Å². The second kappa shape index (κ2) is 8.56. The van der Waals surface area contributed by atoms with Crippen LogP contribution >= 0.6 is 23.2 Å². The molecule has 0 aliphatic carbocycles. The lowest BCUT2D eigenvalue weighted by Crippen LogP contribution is -2.24. The molecule has 138 valence electrons. The fourth-order valence-electron chi connectivity index (χ4n) is 1.99. The summed E-state index contributed by atoms with van der Waals surface area (Å²) in [5.41, 5.74) is 0.767. The van der Waals surface area contributed by atoms with Crippen LogP contribution in [0.15, 0.2) is 42.6 Å². The minimum Gasteiger partial charge on any atom is -0.454 e. The molecule has 3 aromatic rings. The molecule has 1 aromatic carbocycles. The van der Waals surface area contributed by atoms with Gasteiger partial charge in [-0.05, 0) is 11.3 Å². The summed E-state index contributed by atoms with van der Waals surface area (Å²) in [5.74, 6) is -0.800. The van der Waals surface area contributed by atoms with E-state index in [4.69, 9.17) is 27.9 Å². The van der Waals surface area contributed by atoms with Crippen molar-refractivity contribution in [2.75, 3.05) is 11.9 Å². The van der Waals surface area contributed by atoms with E-state index in [-0.39, 0.29) is 17.4 Å². The summed E-state index contributed by atoms with van der Waals surface area (Å²) in [6.07, 6.45) is 1.33. The highest BCUT2D eigenvalue weighted by Gasteiger charge is 2.13. The van der Waals surface area contributed by atoms with Gasteiger partial charge in [0.25, 0.3) is 5.91 Å². The predicted octanol–water partition coefficient (Wildman–Crippen LogP) is 2.22. The monoisotopic (exact) mass is 406 g/mol. The van der Waals surface area contributed by atoms with Crippen LogP contribution in [0.2, 0.25) is 10.0 Å². The molecule has 0 spiro atoms. The first-order chi connectivity index (χ1) is 13.0. The number of hydrogen-bond acceptors (Lipinski definition) is 7. The van der Waals surface area contributed by atoms with Gasteiger partial charge < -0.3 is 10.1 Å². The maximum atomic E-state index is 11.8. The lowest BCUT2D eigenvalue weighted by atomic mass is 10.2. The van der Waals surface area contributed by atoms with Crippen LogP contribution in [0.1, 0.15) is 0 Å². The molecule has 0 fully saturated rings. The molecule has 2 aromatic heterocycles. The van der Waals surface area contributed by atoms with Crippen LogP contribution in [0.4, 0.5) is 5.82 Å². The molecule has 11 heteroatoms. The fraction of sp³-hybridized carbons (Fsp3) is 0.125. The number of pyridine rings is 1. The standard InChI is InChI=1S/C16H12Cl2N6O3/c17-11-6-12(18)16(19-7-11)20-13(25)9-27-14(26)8-24-22-15(21-23-24)10-4-2-1-3-5-10/h1-7H,8-9H2,(H,19,20,25). The van der Waals surface area contributed by atoms with E-state index in [0.29, 0.717) is 10.8 Å². The Morgan fingerprint density at radius 1 is 1.19 bits per heavy atom. The zero-order chi connectivity index (χ0) is 19.2. The number of hydrogen-bond donors (Lipinski definition) is 1. The Kier molecular flexibility index (Phi) is 5.94. The Morgan fingerprint density at radius 3 is 2.70 bits per heavy atom. The number of amides is 1. The summed E-state index contributed by atoms with van der Waals surface area (Å²) in [7, 11) is 0. The molecule has 1 N–H and O–H groups in total. The largest absolute Gasteiger partial charge is 0.454 e. The number of halogens is 2. The average Bonchev–Trinajstić information content (AvgIpc) is 3.11. The van der Waals surface area contributed by atoms with Crippen molar-refractivity contribution in [3.05, 3.63) is 52.6 Å². The Morgan fingerprint density at radius 2 is 1.96 bits per heavy atom. The van der Waals surface area contributed by atoms with Crippen LogP contribution in [0, 0.1) is 0 Å².